The lowest BCUT2D eigenvalue weighted by molar-refractivity contribution is -0.117. The minimum Gasteiger partial charge on any atom is -0.328 e. The fourth-order valence-corrected chi connectivity index (χ4v) is 3.62. The second-order valence-electron chi connectivity index (χ2n) is 6.61. The standard InChI is InChI=1S/C20H24N2O/c1-14(23)20(18-3-2-12-22-13-18)17-6-4-15(5-7-17)16-8-10-19(21)11-9-16/h2-7,12-13,16,19-20H,8-11,21H2,1H3. The summed E-state index contributed by atoms with van der Waals surface area (Å²) in [6.07, 6.45) is 8.06. The molecule has 1 atom stereocenters. The monoisotopic (exact) mass is 308 g/mol. The highest BCUT2D eigenvalue weighted by Gasteiger charge is 2.22. The minimum absolute atomic E-state index is 0.148. The first kappa shape index (κ1) is 15.9. The number of ketones is 1. The molecule has 1 aromatic carbocycles. The van der Waals surface area contributed by atoms with E-state index in [0.717, 1.165) is 24.0 Å². The van der Waals surface area contributed by atoms with Gasteiger partial charge in [-0.3, -0.25) is 9.78 Å². The zero-order valence-corrected chi connectivity index (χ0v) is 13.6. The Morgan fingerprint density at radius 2 is 1.78 bits per heavy atom. The second kappa shape index (κ2) is 7.05. The molecule has 3 nitrogen and oxygen atoms in total. The SMILES string of the molecule is CC(=O)C(c1ccc(C2CCC(N)CC2)cc1)c1cccnc1. The predicted octanol–water partition coefficient (Wildman–Crippen LogP) is 3.79. The van der Waals surface area contributed by atoms with Gasteiger partial charge in [0.1, 0.15) is 5.78 Å². The van der Waals surface area contributed by atoms with Crippen molar-refractivity contribution < 1.29 is 4.79 Å². The van der Waals surface area contributed by atoms with E-state index in [4.69, 9.17) is 5.73 Å². The molecule has 1 aromatic heterocycles. The molecule has 1 aliphatic carbocycles. The van der Waals surface area contributed by atoms with Gasteiger partial charge in [-0.15, -0.1) is 0 Å². The van der Waals surface area contributed by atoms with E-state index >= 15 is 0 Å². The van der Waals surface area contributed by atoms with Crippen molar-refractivity contribution in [2.45, 2.75) is 50.5 Å². The molecule has 120 valence electrons. The highest BCUT2D eigenvalue weighted by Crippen LogP contribution is 2.33. The van der Waals surface area contributed by atoms with Crippen molar-refractivity contribution in [1.82, 2.24) is 4.98 Å². The molecule has 0 spiro atoms. The van der Waals surface area contributed by atoms with Gasteiger partial charge in [-0.05, 0) is 61.3 Å². The van der Waals surface area contributed by atoms with Crippen molar-refractivity contribution in [2.24, 2.45) is 5.73 Å². The quantitative estimate of drug-likeness (QED) is 0.935. The van der Waals surface area contributed by atoms with E-state index in [-0.39, 0.29) is 11.7 Å². The lowest BCUT2D eigenvalue weighted by Crippen LogP contribution is -2.25. The molecule has 1 saturated carbocycles. The van der Waals surface area contributed by atoms with Crippen LogP contribution in [0.25, 0.3) is 0 Å². The number of carbonyl (C=O) groups excluding carboxylic acids is 1. The summed E-state index contributed by atoms with van der Waals surface area (Å²) >= 11 is 0. The van der Waals surface area contributed by atoms with E-state index in [1.807, 2.05) is 12.1 Å². The lowest BCUT2D eigenvalue weighted by atomic mass is 9.81. The summed E-state index contributed by atoms with van der Waals surface area (Å²) in [5.41, 5.74) is 9.36. The average molecular weight is 308 g/mol. The van der Waals surface area contributed by atoms with Crippen molar-refractivity contribution in [3.8, 4) is 0 Å². The van der Waals surface area contributed by atoms with Crippen LogP contribution in [0.3, 0.4) is 0 Å². The average Bonchev–Trinajstić information content (AvgIpc) is 2.57. The highest BCUT2D eigenvalue weighted by molar-refractivity contribution is 5.86. The molecule has 0 saturated heterocycles. The van der Waals surface area contributed by atoms with Crippen molar-refractivity contribution in [1.29, 1.82) is 0 Å². The van der Waals surface area contributed by atoms with Gasteiger partial charge in [0.15, 0.2) is 0 Å². The van der Waals surface area contributed by atoms with Crippen LogP contribution in [0.1, 0.15) is 61.1 Å². The summed E-state index contributed by atoms with van der Waals surface area (Å²) in [7, 11) is 0. The molecule has 0 aliphatic heterocycles. The first-order chi connectivity index (χ1) is 11.1. The third-order valence-electron chi connectivity index (χ3n) is 4.94. The number of rotatable bonds is 4. The van der Waals surface area contributed by atoms with Crippen LogP contribution < -0.4 is 5.73 Å². The van der Waals surface area contributed by atoms with E-state index in [1.54, 1.807) is 19.3 Å². The van der Waals surface area contributed by atoms with Crippen LogP contribution in [0.5, 0.6) is 0 Å². The number of pyridine rings is 1. The number of aromatic nitrogens is 1. The molecule has 23 heavy (non-hydrogen) atoms. The van der Waals surface area contributed by atoms with Gasteiger partial charge in [-0.1, -0.05) is 30.3 Å². The molecule has 2 aromatic rings. The summed E-state index contributed by atoms with van der Waals surface area (Å²) < 4.78 is 0. The van der Waals surface area contributed by atoms with Crippen LogP contribution in [-0.4, -0.2) is 16.8 Å². The van der Waals surface area contributed by atoms with Crippen molar-refractivity contribution in [3.63, 3.8) is 0 Å². The topological polar surface area (TPSA) is 56.0 Å². The summed E-state index contributed by atoms with van der Waals surface area (Å²) in [5, 5.41) is 0. The molecule has 3 rings (SSSR count). The zero-order chi connectivity index (χ0) is 16.2. The van der Waals surface area contributed by atoms with E-state index in [1.165, 1.54) is 18.4 Å². The van der Waals surface area contributed by atoms with Gasteiger partial charge in [0, 0.05) is 18.4 Å². The molecule has 0 radical (unpaired) electrons. The van der Waals surface area contributed by atoms with Crippen LogP contribution in [-0.2, 0) is 4.79 Å². The molecule has 1 heterocycles. The maximum Gasteiger partial charge on any atom is 0.141 e. The fraction of sp³-hybridized carbons (Fsp3) is 0.400. The Hall–Kier alpha value is -2.00. The first-order valence-corrected chi connectivity index (χ1v) is 8.41. The number of nitrogens with two attached hydrogens (primary N) is 1. The Balaban J connectivity index is 1.81. The van der Waals surface area contributed by atoms with Crippen molar-refractivity contribution in [2.75, 3.05) is 0 Å². The predicted molar refractivity (Wildman–Crippen MR) is 92.4 cm³/mol. The van der Waals surface area contributed by atoms with Crippen LogP contribution in [0.4, 0.5) is 0 Å². The smallest absolute Gasteiger partial charge is 0.141 e. The third-order valence-corrected chi connectivity index (χ3v) is 4.94. The maximum atomic E-state index is 12.1. The number of benzene rings is 1. The minimum atomic E-state index is -0.225. The van der Waals surface area contributed by atoms with Crippen LogP contribution in [0.15, 0.2) is 48.8 Å². The van der Waals surface area contributed by atoms with E-state index in [0.29, 0.717) is 12.0 Å². The molecule has 1 aliphatic rings. The lowest BCUT2D eigenvalue weighted by Gasteiger charge is -2.26. The maximum absolute atomic E-state index is 12.1. The second-order valence-corrected chi connectivity index (χ2v) is 6.61. The third kappa shape index (κ3) is 3.67. The first-order valence-electron chi connectivity index (χ1n) is 8.41. The van der Waals surface area contributed by atoms with Crippen molar-refractivity contribution in [3.05, 3.63) is 65.5 Å². The molecule has 1 fully saturated rings. The molecule has 0 bridgehead atoms. The molecule has 2 N–H and O–H groups in total. The van der Waals surface area contributed by atoms with E-state index in [2.05, 4.69) is 29.2 Å². The Bertz CT molecular complexity index is 643. The molecule has 1 unspecified atom stereocenters. The zero-order valence-electron chi connectivity index (χ0n) is 13.6. The Morgan fingerprint density at radius 3 is 2.35 bits per heavy atom. The van der Waals surface area contributed by atoms with E-state index in [9.17, 15) is 4.79 Å². The molecular formula is C20H24N2O. The normalized spacial score (nSPS) is 22.5. The Morgan fingerprint density at radius 1 is 1.09 bits per heavy atom. The van der Waals surface area contributed by atoms with Gasteiger partial charge in [0.05, 0.1) is 5.92 Å². The van der Waals surface area contributed by atoms with Gasteiger partial charge in [-0.25, -0.2) is 0 Å². The number of carbonyl (C=O) groups is 1. The van der Waals surface area contributed by atoms with Gasteiger partial charge in [-0.2, -0.15) is 0 Å². The highest BCUT2D eigenvalue weighted by atomic mass is 16.1. The number of nitrogens with zero attached hydrogens (tertiary/aromatic N) is 1. The van der Waals surface area contributed by atoms with Crippen LogP contribution in [0, 0.1) is 0 Å². The van der Waals surface area contributed by atoms with Gasteiger partial charge in [0.25, 0.3) is 0 Å². The number of hydrogen-bond acceptors (Lipinski definition) is 3. The van der Waals surface area contributed by atoms with Gasteiger partial charge < -0.3 is 5.73 Å². The Kier molecular flexibility index (Phi) is 4.87. The summed E-state index contributed by atoms with van der Waals surface area (Å²) in [6, 6.07) is 12.8. The van der Waals surface area contributed by atoms with Crippen LogP contribution in [0.2, 0.25) is 0 Å². The van der Waals surface area contributed by atoms with E-state index < -0.39 is 0 Å². The Labute approximate surface area is 137 Å². The van der Waals surface area contributed by atoms with Crippen molar-refractivity contribution >= 4 is 5.78 Å². The summed E-state index contributed by atoms with van der Waals surface area (Å²) in [4.78, 5) is 16.3. The molecular weight excluding hydrogens is 284 g/mol. The van der Waals surface area contributed by atoms with Gasteiger partial charge >= 0.3 is 0 Å². The molecule has 3 heteroatoms. The number of Topliss-reactive ketones (excluding diaryl/α,β-unsaturated/α-hetero) is 1. The molecule has 0 amide bonds. The fourth-order valence-electron chi connectivity index (χ4n) is 3.62. The summed E-state index contributed by atoms with van der Waals surface area (Å²) in [6.45, 7) is 1.65. The largest absolute Gasteiger partial charge is 0.328 e. The van der Waals surface area contributed by atoms with Gasteiger partial charge in [0.2, 0.25) is 0 Å². The van der Waals surface area contributed by atoms with Crippen LogP contribution >= 0.6 is 0 Å². The summed E-state index contributed by atoms with van der Waals surface area (Å²) in [5.74, 6) is 0.532. The number of hydrogen-bond donors (Lipinski definition) is 1.